The first-order valence-electron chi connectivity index (χ1n) is 15.2. The summed E-state index contributed by atoms with van der Waals surface area (Å²) >= 11 is 0. The lowest BCUT2D eigenvalue weighted by Crippen LogP contribution is -2.58. The molecule has 13 heteroatoms. The molecule has 3 atom stereocenters. The number of nitrogens with zero attached hydrogens (tertiary/aromatic N) is 1. The molecule has 13 nitrogen and oxygen atoms in total. The predicted octanol–water partition coefficient (Wildman–Crippen LogP) is -0.263. The highest BCUT2D eigenvalue weighted by Crippen LogP contribution is 2.15. The van der Waals surface area contributed by atoms with Gasteiger partial charge in [0.2, 0.25) is 23.6 Å². The van der Waals surface area contributed by atoms with E-state index in [9.17, 15) is 24.0 Å². The SMILES string of the molecule is CNC(=O)NC1CCN(C(=O)[C@@H](CCCCN)NC(=O)[C@@H](CC(C)C)NC(=O)[C@@H](Cc2ccccc2)NC(=O)CN)CC1. The van der Waals surface area contributed by atoms with Crippen LogP contribution in [-0.4, -0.2) is 92.0 Å². The summed E-state index contributed by atoms with van der Waals surface area (Å²) in [5.74, 6) is -1.60. The van der Waals surface area contributed by atoms with Crippen LogP contribution in [0.1, 0.15) is 57.9 Å². The minimum absolute atomic E-state index is 0.0384. The first kappa shape index (κ1) is 35.5. The van der Waals surface area contributed by atoms with E-state index in [0.717, 1.165) is 5.56 Å². The van der Waals surface area contributed by atoms with Gasteiger partial charge in [-0.3, -0.25) is 19.2 Å². The van der Waals surface area contributed by atoms with Crippen molar-refractivity contribution < 1.29 is 24.0 Å². The van der Waals surface area contributed by atoms with Gasteiger partial charge in [-0.05, 0) is 56.6 Å². The highest BCUT2D eigenvalue weighted by atomic mass is 16.2. The first-order chi connectivity index (χ1) is 20.6. The van der Waals surface area contributed by atoms with Crippen LogP contribution in [0.4, 0.5) is 4.79 Å². The Bertz CT molecular complexity index is 1050. The molecule has 6 amide bonds. The third-order valence-corrected chi connectivity index (χ3v) is 7.39. The molecule has 9 N–H and O–H groups in total. The fourth-order valence-electron chi connectivity index (χ4n) is 5.03. The van der Waals surface area contributed by atoms with E-state index in [2.05, 4.69) is 26.6 Å². The van der Waals surface area contributed by atoms with Crippen LogP contribution in [0.25, 0.3) is 0 Å². The minimum Gasteiger partial charge on any atom is -0.343 e. The van der Waals surface area contributed by atoms with Gasteiger partial charge in [-0.1, -0.05) is 44.2 Å². The predicted molar refractivity (Wildman–Crippen MR) is 165 cm³/mol. The van der Waals surface area contributed by atoms with Gasteiger partial charge in [0, 0.05) is 32.6 Å². The van der Waals surface area contributed by atoms with E-state index in [1.165, 1.54) is 0 Å². The molecular weight excluding hydrogens is 552 g/mol. The summed E-state index contributed by atoms with van der Waals surface area (Å²) in [4.78, 5) is 66.2. The second-order valence-corrected chi connectivity index (χ2v) is 11.4. The first-order valence-corrected chi connectivity index (χ1v) is 15.2. The fraction of sp³-hybridized carbons (Fsp3) is 0.633. The molecule has 43 heavy (non-hydrogen) atoms. The number of carbonyl (C=O) groups excluding carboxylic acids is 5. The molecule has 0 radical (unpaired) electrons. The highest BCUT2D eigenvalue weighted by molar-refractivity contribution is 5.94. The number of nitrogens with one attached hydrogen (secondary N) is 5. The Kier molecular flexibility index (Phi) is 15.5. The second-order valence-electron chi connectivity index (χ2n) is 11.4. The molecule has 0 unspecified atom stereocenters. The van der Waals surface area contributed by atoms with Crippen molar-refractivity contribution in [3.8, 4) is 0 Å². The Morgan fingerprint density at radius 3 is 2.09 bits per heavy atom. The zero-order valence-electron chi connectivity index (χ0n) is 25.7. The van der Waals surface area contributed by atoms with Crippen molar-refractivity contribution in [2.45, 2.75) is 83.0 Å². The summed E-state index contributed by atoms with van der Waals surface area (Å²) in [6.07, 6.45) is 3.51. The molecule has 2 rings (SSSR count). The average molecular weight is 603 g/mol. The van der Waals surface area contributed by atoms with Gasteiger partial charge in [0.05, 0.1) is 6.54 Å². The van der Waals surface area contributed by atoms with Gasteiger partial charge in [0.15, 0.2) is 0 Å². The molecule has 1 aliphatic rings. The van der Waals surface area contributed by atoms with E-state index in [1.54, 1.807) is 11.9 Å². The molecule has 240 valence electrons. The smallest absolute Gasteiger partial charge is 0.314 e. The Morgan fingerprint density at radius 2 is 1.51 bits per heavy atom. The molecule has 1 saturated heterocycles. The largest absolute Gasteiger partial charge is 0.343 e. The second kappa shape index (κ2) is 18.7. The van der Waals surface area contributed by atoms with E-state index < -0.39 is 35.8 Å². The van der Waals surface area contributed by atoms with E-state index in [0.29, 0.717) is 58.2 Å². The zero-order valence-corrected chi connectivity index (χ0v) is 25.7. The van der Waals surface area contributed by atoms with Crippen LogP contribution in [0, 0.1) is 5.92 Å². The topological polar surface area (TPSA) is 201 Å². The number of urea groups is 1. The number of piperidine rings is 1. The van der Waals surface area contributed by atoms with Crippen molar-refractivity contribution in [2.75, 3.05) is 33.2 Å². The molecule has 0 bridgehead atoms. The standard InChI is InChI=1S/C30H50N8O5/c1-20(2)17-24(37-28(41)25(35-26(39)19-32)18-21-9-5-4-6-10-21)27(40)36-23(11-7-8-14-31)29(42)38-15-12-22(13-16-38)34-30(43)33-3/h4-6,9-10,20,22-25H,7-8,11-19,31-32H2,1-3H3,(H,35,39)(H,36,40)(H,37,41)(H2,33,34,43)/t23-,24-,25-/m1/s1. The summed E-state index contributed by atoms with van der Waals surface area (Å²) < 4.78 is 0. The number of likely N-dealkylation sites (tertiary alicyclic amines) is 1. The van der Waals surface area contributed by atoms with Gasteiger partial charge < -0.3 is 43.0 Å². The number of hydrogen-bond donors (Lipinski definition) is 7. The van der Waals surface area contributed by atoms with E-state index in [4.69, 9.17) is 11.5 Å². The molecule has 0 spiro atoms. The molecule has 1 aromatic carbocycles. The van der Waals surface area contributed by atoms with Crippen LogP contribution in [0.3, 0.4) is 0 Å². The Balaban J connectivity index is 2.15. The summed E-state index contributed by atoms with van der Waals surface area (Å²) in [6, 6.07) is 6.29. The van der Waals surface area contributed by atoms with Crippen molar-refractivity contribution >= 4 is 29.7 Å². The van der Waals surface area contributed by atoms with Crippen LogP contribution >= 0.6 is 0 Å². The number of carbonyl (C=O) groups is 5. The van der Waals surface area contributed by atoms with E-state index >= 15 is 0 Å². The number of benzene rings is 1. The third kappa shape index (κ3) is 12.6. The molecule has 0 aliphatic carbocycles. The normalized spacial score (nSPS) is 15.6. The van der Waals surface area contributed by atoms with Gasteiger partial charge in [-0.2, -0.15) is 0 Å². The van der Waals surface area contributed by atoms with Gasteiger partial charge >= 0.3 is 6.03 Å². The van der Waals surface area contributed by atoms with Crippen LogP contribution in [0.2, 0.25) is 0 Å². The van der Waals surface area contributed by atoms with E-state index in [-0.39, 0.29) is 36.9 Å². The monoisotopic (exact) mass is 602 g/mol. The van der Waals surface area contributed by atoms with Crippen molar-refractivity contribution in [1.29, 1.82) is 0 Å². The molecule has 1 aliphatic heterocycles. The third-order valence-electron chi connectivity index (χ3n) is 7.39. The minimum atomic E-state index is -0.937. The molecule has 1 heterocycles. The van der Waals surface area contributed by atoms with Crippen molar-refractivity contribution in [3.63, 3.8) is 0 Å². The van der Waals surface area contributed by atoms with Crippen LogP contribution in [-0.2, 0) is 25.6 Å². The Hall–Kier alpha value is -3.71. The molecule has 0 saturated carbocycles. The molecular formula is C30H50N8O5. The lowest BCUT2D eigenvalue weighted by Gasteiger charge is -2.35. The summed E-state index contributed by atoms with van der Waals surface area (Å²) in [5, 5.41) is 13.8. The van der Waals surface area contributed by atoms with Gasteiger partial charge in [0.1, 0.15) is 18.1 Å². The summed E-state index contributed by atoms with van der Waals surface area (Å²) in [5.41, 5.74) is 12.0. The fourth-order valence-corrected chi connectivity index (χ4v) is 5.03. The van der Waals surface area contributed by atoms with Crippen LogP contribution < -0.4 is 38.1 Å². The number of hydrogen-bond acceptors (Lipinski definition) is 7. The summed E-state index contributed by atoms with van der Waals surface area (Å²) in [7, 11) is 1.55. The lowest BCUT2D eigenvalue weighted by molar-refractivity contribution is -0.138. The zero-order chi connectivity index (χ0) is 31.8. The Labute approximate surface area is 254 Å². The average Bonchev–Trinajstić information content (AvgIpc) is 3.00. The lowest BCUT2D eigenvalue weighted by atomic mass is 9.99. The van der Waals surface area contributed by atoms with Crippen molar-refractivity contribution in [3.05, 3.63) is 35.9 Å². The van der Waals surface area contributed by atoms with E-state index in [1.807, 2.05) is 44.2 Å². The maximum atomic E-state index is 13.6. The maximum Gasteiger partial charge on any atom is 0.314 e. The molecule has 0 aromatic heterocycles. The quantitative estimate of drug-likeness (QED) is 0.126. The molecule has 1 fully saturated rings. The highest BCUT2D eigenvalue weighted by Gasteiger charge is 2.33. The van der Waals surface area contributed by atoms with Gasteiger partial charge in [0.25, 0.3) is 0 Å². The maximum absolute atomic E-state index is 13.6. The van der Waals surface area contributed by atoms with Crippen molar-refractivity contribution in [1.82, 2.24) is 31.5 Å². The Morgan fingerprint density at radius 1 is 0.884 bits per heavy atom. The number of unbranched alkanes of at least 4 members (excludes halogenated alkanes) is 1. The van der Waals surface area contributed by atoms with Crippen LogP contribution in [0.15, 0.2) is 30.3 Å². The molecule has 1 aromatic rings. The van der Waals surface area contributed by atoms with Gasteiger partial charge in [-0.15, -0.1) is 0 Å². The number of rotatable bonds is 16. The number of amides is 6. The summed E-state index contributed by atoms with van der Waals surface area (Å²) in [6.45, 7) is 4.96. The number of nitrogens with two attached hydrogens (primary N) is 2. The van der Waals surface area contributed by atoms with Crippen molar-refractivity contribution in [2.24, 2.45) is 17.4 Å². The van der Waals surface area contributed by atoms with Gasteiger partial charge in [-0.25, -0.2) is 4.79 Å². The van der Waals surface area contributed by atoms with Crippen LogP contribution in [0.5, 0.6) is 0 Å².